The van der Waals surface area contributed by atoms with Crippen molar-refractivity contribution < 1.29 is 33.7 Å². The maximum absolute atomic E-state index is 12.8. The summed E-state index contributed by atoms with van der Waals surface area (Å²) >= 11 is 0. The molecule has 0 fully saturated rings. The minimum Gasteiger partial charge on any atom is -0.490 e. The largest absolute Gasteiger partial charge is 0.490 e. The lowest BCUT2D eigenvalue weighted by Gasteiger charge is -2.11. The zero-order valence-corrected chi connectivity index (χ0v) is 28.3. The summed E-state index contributed by atoms with van der Waals surface area (Å²) < 4.78 is 16.6. The number of carboxylic acid groups (broad SMARTS) is 1. The molecule has 0 radical (unpaired) electrons. The number of rotatable bonds is 15. The molecular formula is C42H42O7. The van der Waals surface area contributed by atoms with E-state index in [1.807, 2.05) is 131 Å². The summed E-state index contributed by atoms with van der Waals surface area (Å²) in [6.07, 6.45) is 10.4. The molecule has 1 N–H and O–H groups in total. The molecule has 4 aromatic rings. The summed E-state index contributed by atoms with van der Waals surface area (Å²) in [6.45, 7) is 8.25. The van der Waals surface area contributed by atoms with E-state index in [1.54, 1.807) is 24.3 Å². The first-order valence-corrected chi connectivity index (χ1v) is 15.8. The molecule has 4 aromatic carbocycles. The van der Waals surface area contributed by atoms with E-state index in [-0.39, 0.29) is 22.9 Å². The fourth-order valence-corrected chi connectivity index (χ4v) is 4.04. The summed E-state index contributed by atoms with van der Waals surface area (Å²) in [7, 11) is 0. The van der Waals surface area contributed by atoms with E-state index in [1.165, 1.54) is 17.7 Å². The van der Waals surface area contributed by atoms with Crippen LogP contribution in [0.25, 0.3) is 12.2 Å². The van der Waals surface area contributed by atoms with Crippen LogP contribution in [-0.4, -0.2) is 42.5 Å². The minimum atomic E-state index is -1.13. The lowest BCUT2D eigenvalue weighted by molar-refractivity contribution is -0.139. The Hall–Kier alpha value is -5.95. The second-order valence-electron chi connectivity index (χ2n) is 11.3. The Bertz CT molecular complexity index is 1770. The molecule has 252 valence electrons. The Labute approximate surface area is 288 Å². The van der Waals surface area contributed by atoms with Gasteiger partial charge < -0.3 is 19.3 Å². The minimum absolute atomic E-state index is 0.0319. The van der Waals surface area contributed by atoms with Crippen LogP contribution in [0.1, 0.15) is 59.5 Å². The molecule has 7 nitrogen and oxygen atoms in total. The first-order chi connectivity index (χ1) is 23.6. The predicted octanol–water partition coefficient (Wildman–Crippen LogP) is 9.32. The van der Waals surface area contributed by atoms with Crippen molar-refractivity contribution in [1.82, 2.24) is 0 Å². The summed E-state index contributed by atoms with van der Waals surface area (Å²) in [5, 5.41) is 8.96. The van der Waals surface area contributed by atoms with Crippen molar-refractivity contribution in [2.45, 2.75) is 27.7 Å². The van der Waals surface area contributed by atoms with Crippen molar-refractivity contribution in [3.63, 3.8) is 0 Å². The highest BCUT2D eigenvalue weighted by Gasteiger charge is 2.13. The van der Waals surface area contributed by atoms with Gasteiger partial charge in [0, 0.05) is 11.6 Å². The average Bonchev–Trinajstić information content (AvgIpc) is 3.10. The molecule has 0 saturated heterocycles. The van der Waals surface area contributed by atoms with Crippen LogP contribution in [0, 0.1) is 0 Å². The van der Waals surface area contributed by atoms with Crippen LogP contribution in [0.3, 0.4) is 0 Å². The molecule has 7 heteroatoms. The molecule has 0 aromatic heterocycles. The molecule has 0 atom stereocenters. The van der Waals surface area contributed by atoms with Crippen LogP contribution in [0.5, 0.6) is 17.2 Å². The Morgan fingerprint density at radius 3 is 1.67 bits per heavy atom. The van der Waals surface area contributed by atoms with E-state index in [2.05, 4.69) is 0 Å². The number of allylic oxidation sites excluding steroid dienone is 4. The molecule has 0 unspecified atom stereocenters. The molecule has 0 spiro atoms. The fraction of sp³-hybridized carbons (Fsp3) is 0.167. The van der Waals surface area contributed by atoms with E-state index >= 15 is 0 Å². The molecule has 0 heterocycles. The van der Waals surface area contributed by atoms with E-state index in [9.17, 15) is 14.4 Å². The Balaban J connectivity index is 0.000000337. The molecule has 0 saturated carbocycles. The lowest BCUT2D eigenvalue weighted by Crippen LogP contribution is -2.12. The van der Waals surface area contributed by atoms with Crippen molar-refractivity contribution in [2.75, 3.05) is 19.8 Å². The maximum atomic E-state index is 12.8. The van der Waals surface area contributed by atoms with E-state index < -0.39 is 12.6 Å². The van der Waals surface area contributed by atoms with Crippen LogP contribution < -0.4 is 14.2 Å². The molecular weight excluding hydrogens is 616 g/mol. The first kappa shape index (κ1) is 37.5. The summed E-state index contributed by atoms with van der Waals surface area (Å²) in [5.74, 6) is -0.0304. The summed E-state index contributed by atoms with van der Waals surface area (Å²) in [6, 6.07) is 31.2. The highest BCUT2D eigenvalue weighted by molar-refractivity contribution is 6.09. The number of ether oxygens (including phenoxy) is 3. The zero-order chi connectivity index (χ0) is 35.4. The Morgan fingerprint density at radius 2 is 1.10 bits per heavy atom. The van der Waals surface area contributed by atoms with Crippen molar-refractivity contribution >= 4 is 29.7 Å². The predicted molar refractivity (Wildman–Crippen MR) is 195 cm³/mol. The normalized spacial score (nSPS) is 10.4. The third-order valence-corrected chi connectivity index (χ3v) is 6.65. The van der Waals surface area contributed by atoms with Crippen LogP contribution in [0.2, 0.25) is 0 Å². The lowest BCUT2D eigenvalue weighted by atomic mass is 10.1. The number of carbonyl (C=O) groups is 3. The molecule has 0 bridgehead atoms. The second-order valence-corrected chi connectivity index (χ2v) is 11.3. The van der Waals surface area contributed by atoms with Gasteiger partial charge in [-0.15, -0.1) is 0 Å². The number of carbonyl (C=O) groups excluding carboxylic acids is 2. The van der Waals surface area contributed by atoms with Gasteiger partial charge in [-0.3, -0.25) is 9.59 Å². The number of hydrogen-bond donors (Lipinski definition) is 1. The number of carboxylic acids is 1. The van der Waals surface area contributed by atoms with E-state index in [0.717, 1.165) is 28.0 Å². The quantitative estimate of drug-likeness (QED) is 0.0772. The molecule has 0 aliphatic rings. The van der Waals surface area contributed by atoms with Gasteiger partial charge in [-0.1, -0.05) is 96.1 Å². The van der Waals surface area contributed by atoms with Crippen molar-refractivity contribution in [1.29, 1.82) is 0 Å². The standard InChI is InChI=1S/C27H30O6.C15H12O/c1-19(2)13-15-31-22-8-5-21(6-9-22)7-12-25(28)24-11-10-23(32-16-14-20(3)4)17-26(24)33-18-27(29)30;16-15(14-9-5-2-6-10-14)12-11-13-7-3-1-4-8-13/h5-14,17H,15-16,18H2,1-4H3,(H,29,30);1-12H/b12-7+;12-11+. The van der Waals surface area contributed by atoms with Crippen molar-refractivity contribution in [2.24, 2.45) is 0 Å². The monoisotopic (exact) mass is 658 g/mol. The van der Waals surface area contributed by atoms with Crippen LogP contribution in [-0.2, 0) is 4.79 Å². The third kappa shape index (κ3) is 14.6. The molecule has 0 amide bonds. The van der Waals surface area contributed by atoms with Gasteiger partial charge >= 0.3 is 5.97 Å². The average molecular weight is 659 g/mol. The highest BCUT2D eigenvalue weighted by Crippen LogP contribution is 2.26. The summed E-state index contributed by atoms with van der Waals surface area (Å²) in [5.41, 5.74) is 5.13. The highest BCUT2D eigenvalue weighted by atomic mass is 16.5. The van der Waals surface area contributed by atoms with Gasteiger partial charge in [-0.25, -0.2) is 4.79 Å². The van der Waals surface area contributed by atoms with Crippen LogP contribution in [0.4, 0.5) is 0 Å². The third-order valence-electron chi connectivity index (χ3n) is 6.65. The van der Waals surface area contributed by atoms with Gasteiger partial charge in [-0.2, -0.15) is 0 Å². The smallest absolute Gasteiger partial charge is 0.341 e. The fourth-order valence-electron chi connectivity index (χ4n) is 4.04. The molecule has 4 rings (SSSR count). The van der Waals surface area contributed by atoms with Gasteiger partial charge in [0.05, 0.1) is 5.56 Å². The molecule has 0 aliphatic carbocycles. The number of ketones is 2. The van der Waals surface area contributed by atoms with Gasteiger partial charge in [0.15, 0.2) is 18.2 Å². The van der Waals surface area contributed by atoms with Gasteiger partial charge in [-0.05, 0) is 87.4 Å². The summed E-state index contributed by atoms with van der Waals surface area (Å²) in [4.78, 5) is 35.5. The Morgan fingerprint density at radius 1 is 0.592 bits per heavy atom. The maximum Gasteiger partial charge on any atom is 0.341 e. The second kappa shape index (κ2) is 20.3. The Kier molecular flexibility index (Phi) is 15.6. The topological polar surface area (TPSA) is 99.1 Å². The van der Waals surface area contributed by atoms with E-state index in [4.69, 9.17) is 19.3 Å². The van der Waals surface area contributed by atoms with E-state index in [0.29, 0.717) is 19.0 Å². The SMILES string of the molecule is CC(C)=CCOc1ccc(/C=C/C(=O)c2ccc(OCC=C(C)C)cc2OCC(=O)O)cc1.O=C(/C=C/c1ccccc1)c1ccccc1. The van der Waals surface area contributed by atoms with Crippen molar-refractivity contribution in [3.8, 4) is 17.2 Å². The number of hydrogen-bond acceptors (Lipinski definition) is 6. The first-order valence-electron chi connectivity index (χ1n) is 15.8. The molecule has 49 heavy (non-hydrogen) atoms. The van der Waals surface area contributed by atoms with Crippen molar-refractivity contribution in [3.05, 3.63) is 161 Å². The van der Waals surface area contributed by atoms with Crippen LogP contribution in [0.15, 0.2) is 139 Å². The van der Waals surface area contributed by atoms with Gasteiger partial charge in [0.1, 0.15) is 30.5 Å². The van der Waals surface area contributed by atoms with Gasteiger partial charge in [0.2, 0.25) is 0 Å². The van der Waals surface area contributed by atoms with Gasteiger partial charge in [0.25, 0.3) is 0 Å². The van der Waals surface area contributed by atoms with Crippen LogP contribution >= 0.6 is 0 Å². The number of benzene rings is 4. The number of aliphatic carboxylic acids is 1. The molecule has 0 aliphatic heterocycles. The zero-order valence-electron chi connectivity index (χ0n) is 28.3.